The van der Waals surface area contributed by atoms with E-state index < -0.39 is 51.0 Å². The number of ether oxygens (including phenoxy) is 1. The summed E-state index contributed by atoms with van der Waals surface area (Å²) in [5.74, 6) is -1.06. The molecule has 0 bridgehead atoms. The van der Waals surface area contributed by atoms with Crippen molar-refractivity contribution in [1.82, 2.24) is 0 Å². The second-order valence-electron chi connectivity index (χ2n) is 8.11. The molecule has 11 nitrogen and oxygen atoms in total. The molecule has 0 aromatic heterocycles. The largest absolute Gasteiger partial charge is 1.00 e. The van der Waals surface area contributed by atoms with E-state index in [0.29, 0.717) is 12.5 Å². The van der Waals surface area contributed by atoms with Crippen LogP contribution in [0.4, 0.5) is 0 Å². The zero-order valence-electron chi connectivity index (χ0n) is 21.5. The minimum absolute atomic E-state index is 0. The number of carbonyl (C=O) groups excluding carboxylic acids is 1. The van der Waals surface area contributed by atoms with Crippen molar-refractivity contribution in [1.29, 1.82) is 0 Å². The first kappa shape index (κ1) is 37.1. The van der Waals surface area contributed by atoms with Crippen LogP contribution in [0.2, 0.25) is 0 Å². The SMILES string of the molecule is CCCCCC(=O)Oc1cc(S(=O)(=O)[O-])c2ccc3c(S(=O)(=O)[O-])cc(S(=O)(=O)[O-])c4ccc1c2c43.[Na+].[Na+].[Na+]. The Kier molecular flexibility index (Phi) is 13.0. The molecule has 0 amide bonds. The van der Waals surface area contributed by atoms with Crippen LogP contribution >= 0.6 is 0 Å². The van der Waals surface area contributed by atoms with Crippen LogP contribution in [0.5, 0.6) is 5.75 Å². The van der Waals surface area contributed by atoms with Crippen LogP contribution in [0.15, 0.2) is 51.1 Å². The van der Waals surface area contributed by atoms with Crippen molar-refractivity contribution >= 4 is 68.6 Å². The molecule has 0 heterocycles. The number of hydrogen-bond acceptors (Lipinski definition) is 11. The summed E-state index contributed by atoms with van der Waals surface area (Å²) in [6.07, 6.45) is 2.03. The molecule has 0 N–H and O–H groups in total. The van der Waals surface area contributed by atoms with Crippen LogP contribution in [0.3, 0.4) is 0 Å². The zero-order chi connectivity index (χ0) is 26.6. The fourth-order valence-corrected chi connectivity index (χ4v) is 6.43. The van der Waals surface area contributed by atoms with Gasteiger partial charge in [0.15, 0.2) is 0 Å². The first-order valence-electron chi connectivity index (χ1n) is 10.5. The van der Waals surface area contributed by atoms with Gasteiger partial charge < -0.3 is 18.4 Å². The molecule has 0 unspecified atom stereocenters. The molecule has 0 aliphatic rings. The van der Waals surface area contributed by atoms with Crippen molar-refractivity contribution in [2.45, 2.75) is 47.3 Å². The Morgan fingerprint density at radius 3 is 1.46 bits per heavy atom. The minimum atomic E-state index is -5.31. The third-order valence-electron chi connectivity index (χ3n) is 5.76. The van der Waals surface area contributed by atoms with Gasteiger partial charge in [0.25, 0.3) is 0 Å². The molecule has 4 aromatic rings. The Morgan fingerprint density at radius 1 is 0.667 bits per heavy atom. The summed E-state index contributed by atoms with van der Waals surface area (Å²) in [5.41, 5.74) is 0. The molecule has 39 heavy (non-hydrogen) atoms. The van der Waals surface area contributed by atoms with Gasteiger partial charge in [0.05, 0.1) is 14.7 Å². The maximum Gasteiger partial charge on any atom is 1.00 e. The Hall–Kier alpha value is 0.120. The summed E-state index contributed by atoms with van der Waals surface area (Å²) in [6, 6.07) is 5.84. The van der Waals surface area contributed by atoms with Gasteiger partial charge in [0.1, 0.15) is 36.1 Å². The standard InChI is InChI=1S/C22H20O11S3.3Na/c1-2-3-4-5-20(23)33-16-10-17(34(24,25)26)13-8-9-15-19(36(30,31)32)11-18(35(27,28)29)14-7-6-12(16)21(13)22(14)15;;;/h6-11H,2-5H2,1H3,(H,24,25,26)(H,27,28,29)(H,30,31,32);;;/q;3*+1/p-3. The molecular weight excluding hydrogens is 605 g/mol. The van der Waals surface area contributed by atoms with Gasteiger partial charge in [-0.1, -0.05) is 38.0 Å². The quantitative estimate of drug-likeness (QED) is 0.0453. The van der Waals surface area contributed by atoms with Crippen molar-refractivity contribution < 1.29 is 137 Å². The molecule has 4 rings (SSSR count). The molecule has 0 fully saturated rings. The molecule has 0 saturated carbocycles. The molecule has 0 saturated heterocycles. The number of benzene rings is 4. The van der Waals surface area contributed by atoms with Gasteiger partial charge in [-0.15, -0.1) is 0 Å². The number of esters is 1. The zero-order valence-corrected chi connectivity index (χ0v) is 30.0. The molecule has 0 spiro atoms. The maximum atomic E-state index is 12.4. The Balaban J connectivity index is 0.00000253. The van der Waals surface area contributed by atoms with Gasteiger partial charge in [-0.05, 0) is 24.6 Å². The van der Waals surface area contributed by atoms with E-state index in [-0.39, 0.29) is 133 Å². The Morgan fingerprint density at radius 2 is 1.05 bits per heavy atom. The van der Waals surface area contributed by atoms with E-state index in [2.05, 4.69) is 0 Å². The molecule has 0 aliphatic carbocycles. The summed E-state index contributed by atoms with van der Waals surface area (Å²) >= 11 is 0. The predicted octanol–water partition coefficient (Wildman–Crippen LogP) is -6.21. The van der Waals surface area contributed by atoms with Crippen molar-refractivity contribution in [2.75, 3.05) is 0 Å². The van der Waals surface area contributed by atoms with Crippen molar-refractivity contribution in [3.05, 3.63) is 36.4 Å². The van der Waals surface area contributed by atoms with Crippen LogP contribution in [0.25, 0.3) is 32.3 Å². The average molecular weight is 623 g/mol. The first-order valence-corrected chi connectivity index (χ1v) is 14.7. The summed E-state index contributed by atoms with van der Waals surface area (Å²) < 4.78 is 113. The van der Waals surface area contributed by atoms with Crippen molar-refractivity contribution in [2.24, 2.45) is 0 Å². The van der Waals surface area contributed by atoms with E-state index in [1.165, 1.54) is 6.07 Å². The van der Waals surface area contributed by atoms with Crippen LogP contribution in [-0.4, -0.2) is 44.9 Å². The van der Waals surface area contributed by atoms with Gasteiger partial charge in [0.2, 0.25) is 0 Å². The predicted molar refractivity (Wildman–Crippen MR) is 124 cm³/mol. The third kappa shape index (κ3) is 7.56. The van der Waals surface area contributed by atoms with E-state index in [4.69, 9.17) is 4.74 Å². The number of carbonyl (C=O) groups is 1. The van der Waals surface area contributed by atoms with Gasteiger partial charge in [-0.25, -0.2) is 25.3 Å². The number of hydrogen-bond donors (Lipinski definition) is 0. The van der Waals surface area contributed by atoms with Crippen LogP contribution in [-0.2, 0) is 35.1 Å². The fraction of sp³-hybridized carbons (Fsp3) is 0.227. The van der Waals surface area contributed by atoms with Gasteiger partial charge in [0, 0.05) is 38.7 Å². The topological polar surface area (TPSA) is 198 Å². The van der Waals surface area contributed by atoms with E-state index in [1.807, 2.05) is 6.92 Å². The number of unbranched alkanes of at least 4 members (excludes halogenated alkanes) is 2. The average Bonchev–Trinajstić information content (AvgIpc) is 2.75. The monoisotopic (exact) mass is 622 g/mol. The molecule has 0 radical (unpaired) electrons. The van der Waals surface area contributed by atoms with E-state index in [9.17, 15) is 43.7 Å². The van der Waals surface area contributed by atoms with E-state index >= 15 is 0 Å². The fourth-order valence-electron chi connectivity index (χ4n) is 4.26. The summed E-state index contributed by atoms with van der Waals surface area (Å²) in [4.78, 5) is 9.53. The van der Waals surface area contributed by atoms with Crippen molar-refractivity contribution in [3.8, 4) is 5.75 Å². The van der Waals surface area contributed by atoms with Gasteiger partial charge in [-0.3, -0.25) is 4.79 Å². The second-order valence-corrected chi connectivity index (χ2v) is 12.2. The molecule has 0 aliphatic heterocycles. The van der Waals surface area contributed by atoms with E-state index in [1.54, 1.807) is 0 Å². The normalized spacial score (nSPS) is 12.1. The van der Waals surface area contributed by atoms with Gasteiger partial charge in [-0.2, -0.15) is 0 Å². The van der Waals surface area contributed by atoms with E-state index in [0.717, 1.165) is 37.1 Å². The molecule has 4 aromatic carbocycles. The molecular formula is C22H17Na3O11S3. The Bertz CT molecular complexity index is 1820. The number of rotatable bonds is 8. The van der Waals surface area contributed by atoms with Gasteiger partial charge >= 0.3 is 94.6 Å². The first-order chi connectivity index (χ1) is 16.6. The van der Waals surface area contributed by atoms with Crippen LogP contribution in [0, 0.1) is 0 Å². The summed E-state index contributed by atoms with van der Waals surface area (Å²) in [5, 5.41) is -1.22. The smallest absolute Gasteiger partial charge is 0.744 e. The maximum absolute atomic E-state index is 12.4. The van der Waals surface area contributed by atoms with Crippen molar-refractivity contribution in [3.63, 3.8) is 0 Å². The molecule has 192 valence electrons. The summed E-state index contributed by atoms with van der Waals surface area (Å²) in [6.45, 7) is 1.92. The molecule has 0 atom stereocenters. The van der Waals surface area contributed by atoms with Crippen LogP contribution < -0.4 is 93.4 Å². The third-order valence-corrected chi connectivity index (χ3v) is 8.39. The Labute approximate surface area is 291 Å². The minimum Gasteiger partial charge on any atom is -0.744 e. The van der Waals surface area contributed by atoms with Crippen LogP contribution in [0.1, 0.15) is 32.6 Å². The molecule has 17 heteroatoms. The second kappa shape index (κ2) is 13.6. The summed E-state index contributed by atoms with van der Waals surface area (Å²) in [7, 11) is -15.8.